The molecule has 5 heterocycles. The van der Waals surface area contributed by atoms with Gasteiger partial charge in [0.1, 0.15) is 22.4 Å². The van der Waals surface area contributed by atoms with E-state index in [1.54, 1.807) is 18.3 Å². The number of nitrogens with one attached hydrogen (secondary N) is 1. The zero-order valence-electron chi connectivity index (χ0n) is 24.1. The van der Waals surface area contributed by atoms with Gasteiger partial charge < -0.3 is 19.9 Å². The Kier molecular flexibility index (Phi) is 8.82. The molecule has 0 spiro atoms. The minimum Gasteiger partial charge on any atom is -0.475 e. The van der Waals surface area contributed by atoms with Crippen molar-refractivity contribution in [1.29, 1.82) is 0 Å². The first-order valence-electron chi connectivity index (χ1n) is 13.4. The number of ether oxygens (including phenoxy) is 2. The monoisotopic (exact) mass is 620 g/mol. The fraction of sp³-hybridized carbons (Fsp3) is 0.448. The highest BCUT2D eigenvalue weighted by Crippen LogP contribution is 2.52. The summed E-state index contributed by atoms with van der Waals surface area (Å²) in [7, 11) is 0. The first-order chi connectivity index (χ1) is 20.0. The van der Waals surface area contributed by atoms with Crippen LogP contribution in [0.25, 0.3) is 10.6 Å². The van der Waals surface area contributed by atoms with E-state index in [2.05, 4.69) is 22.2 Å². The Hall–Kier alpha value is -4.07. The van der Waals surface area contributed by atoms with Gasteiger partial charge >= 0.3 is 24.1 Å². The molecule has 230 valence electrons. The van der Waals surface area contributed by atoms with Crippen molar-refractivity contribution >= 4 is 40.9 Å². The first-order valence-corrected chi connectivity index (χ1v) is 14.2. The fourth-order valence-electron chi connectivity index (χ4n) is 4.78. The van der Waals surface area contributed by atoms with Crippen LogP contribution in [0, 0.1) is 24.2 Å². The van der Waals surface area contributed by atoms with Gasteiger partial charge in [-0.15, -0.1) is 11.3 Å². The van der Waals surface area contributed by atoms with Crippen LogP contribution in [0.5, 0.6) is 5.75 Å². The minimum absolute atomic E-state index is 0.0162. The molecule has 2 N–H and O–H groups in total. The van der Waals surface area contributed by atoms with Crippen molar-refractivity contribution < 1.29 is 42.1 Å². The largest absolute Gasteiger partial charge is 0.490 e. The highest BCUT2D eigenvalue weighted by molar-refractivity contribution is 7.15. The van der Waals surface area contributed by atoms with Crippen LogP contribution in [0.2, 0.25) is 0 Å². The van der Waals surface area contributed by atoms with Crippen molar-refractivity contribution in [2.75, 3.05) is 5.32 Å². The van der Waals surface area contributed by atoms with Crippen LogP contribution in [0.3, 0.4) is 0 Å². The van der Waals surface area contributed by atoms with Gasteiger partial charge in [0.05, 0.1) is 21.9 Å². The average molecular weight is 621 g/mol. The average Bonchev–Trinajstić information content (AvgIpc) is 3.39. The predicted octanol–water partition coefficient (Wildman–Crippen LogP) is 6.43. The number of aliphatic carboxylic acids is 1. The van der Waals surface area contributed by atoms with E-state index in [1.165, 1.54) is 11.3 Å². The highest BCUT2D eigenvalue weighted by atomic mass is 32.1. The molecule has 0 radical (unpaired) electrons. The highest BCUT2D eigenvalue weighted by Gasteiger charge is 2.53. The Balaban J connectivity index is 0.000000541. The molecule has 1 saturated carbocycles. The zero-order valence-corrected chi connectivity index (χ0v) is 24.9. The summed E-state index contributed by atoms with van der Waals surface area (Å²) in [5.74, 6) is -1.31. The number of aromatic nitrogens is 3. The number of esters is 2. The number of alkyl halides is 3. The topological polar surface area (TPSA) is 141 Å². The van der Waals surface area contributed by atoms with E-state index in [1.807, 2.05) is 46.0 Å². The lowest BCUT2D eigenvalue weighted by molar-refractivity contribution is -0.198. The van der Waals surface area contributed by atoms with Crippen molar-refractivity contribution in [3.8, 4) is 16.3 Å². The third-order valence-electron chi connectivity index (χ3n) is 6.97. The molecule has 2 saturated heterocycles. The summed E-state index contributed by atoms with van der Waals surface area (Å²) < 4.78 is 43.1. The maximum Gasteiger partial charge on any atom is 0.490 e. The summed E-state index contributed by atoms with van der Waals surface area (Å²) in [6.07, 6.45) is 0.788. The number of carboxylic acids is 1. The molecule has 43 heavy (non-hydrogen) atoms. The van der Waals surface area contributed by atoms with Gasteiger partial charge in [-0.05, 0) is 76.6 Å². The van der Waals surface area contributed by atoms with Crippen molar-refractivity contribution in [3.63, 3.8) is 0 Å². The summed E-state index contributed by atoms with van der Waals surface area (Å²) in [5, 5.41) is 11.2. The van der Waals surface area contributed by atoms with Crippen molar-refractivity contribution in [3.05, 3.63) is 47.2 Å². The number of aryl methyl sites for hydroxylation is 1. The summed E-state index contributed by atoms with van der Waals surface area (Å²) in [4.78, 5) is 48.3. The number of halogens is 3. The molecule has 3 atom stereocenters. The second-order valence-electron chi connectivity index (χ2n) is 11.6. The number of carbonyl (C=O) groups excluding carboxylic acids is 2. The van der Waals surface area contributed by atoms with Gasteiger partial charge in [-0.2, -0.15) is 13.2 Å². The van der Waals surface area contributed by atoms with Crippen LogP contribution in [-0.2, 0) is 24.7 Å². The number of pyridine rings is 2. The summed E-state index contributed by atoms with van der Waals surface area (Å²) in [5.41, 5.74) is 0.569. The Morgan fingerprint density at radius 2 is 1.86 bits per heavy atom. The van der Waals surface area contributed by atoms with Crippen LogP contribution in [0.1, 0.15) is 57.5 Å². The third kappa shape index (κ3) is 7.48. The number of nitrogens with zero attached hydrogens (tertiary/aromatic N) is 3. The summed E-state index contributed by atoms with van der Waals surface area (Å²) in [6, 6.07) is 7.24. The van der Waals surface area contributed by atoms with Gasteiger partial charge in [0.25, 0.3) is 0 Å². The Labute approximate surface area is 249 Å². The van der Waals surface area contributed by atoms with E-state index in [-0.39, 0.29) is 17.9 Å². The van der Waals surface area contributed by atoms with Gasteiger partial charge in [-0.25, -0.2) is 19.7 Å². The normalized spacial score (nSPS) is 21.3. The summed E-state index contributed by atoms with van der Waals surface area (Å²) in [6.45, 7) is 9.55. The van der Waals surface area contributed by atoms with Gasteiger partial charge in [0.2, 0.25) is 0 Å². The number of carboxylic acid groups (broad SMARTS) is 1. The quantitative estimate of drug-likeness (QED) is 0.307. The molecule has 3 aromatic rings. The van der Waals surface area contributed by atoms with Crippen molar-refractivity contribution in [1.82, 2.24) is 15.0 Å². The molecule has 1 aliphatic carbocycles. The number of hydrogen-bond acceptors (Lipinski definition) is 10. The van der Waals surface area contributed by atoms with Gasteiger partial charge in [-0.3, -0.25) is 9.59 Å². The molecule has 0 amide bonds. The molecule has 2 bridgehead atoms. The van der Waals surface area contributed by atoms with Crippen LogP contribution in [-0.4, -0.2) is 44.1 Å². The molecule has 0 aromatic carbocycles. The van der Waals surface area contributed by atoms with Crippen LogP contribution in [0.15, 0.2) is 36.7 Å². The summed E-state index contributed by atoms with van der Waals surface area (Å²) >= 11 is 1.53. The number of carbonyl (C=O) groups is 3. The Morgan fingerprint density at radius 3 is 2.47 bits per heavy atom. The number of rotatable bonds is 5. The molecular formula is C29H31F3N4O6S. The Morgan fingerprint density at radius 1 is 1.16 bits per heavy atom. The van der Waals surface area contributed by atoms with Crippen LogP contribution < -0.4 is 10.1 Å². The van der Waals surface area contributed by atoms with E-state index in [0.717, 1.165) is 40.4 Å². The minimum atomic E-state index is -5.08. The lowest BCUT2D eigenvalue weighted by Crippen LogP contribution is -2.49. The van der Waals surface area contributed by atoms with E-state index >= 15 is 0 Å². The number of fused-ring (bicyclic) bond motifs is 3. The number of hydrogen-bond donors (Lipinski definition) is 2. The number of anilines is 2. The van der Waals surface area contributed by atoms with Crippen LogP contribution >= 0.6 is 11.3 Å². The van der Waals surface area contributed by atoms with Crippen LogP contribution in [0.4, 0.5) is 24.8 Å². The predicted molar refractivity (Wildman–Crippen MR) is 151 cm³/mol. The van der Waals surface area contributed by atoms with E-state index in [4.69, 9.17) is 24.4 Å². The second kappa shape index (κ2) is 11.9. The van der Waals surface area contributed by atoms with E-state index in [9.17, 15) is 22.8 Å². The lowest BCUT2D eigenvalue weighted by Gasteiger charge is -2.47. The smallest absolute Gasteiger partial charge is 0.475 e. The molecule has 2 aliphatic heterocycles. The van der Waals surface area contributed by atoms with E-state index < -0.39 is 23.2 Å². The molecule has 3 unspecified atom stereocenters. The van der Waals surface area contributed by atoms with Crippen molar-refractivity contribution in [2.24, 2.45) is 17.3 Å². The second-order valence-corrected chi connectivity index (χ2v) is 12.7. The Bertz CT molecular complexity index is 1540. The molecular weight excluding hydrogens is 589 g/mol. The SMILES string of the molecule is Cc1cc(Nc2cc(OC(=O)C(C)(C)C)ccn2)nc(-c2cnc(C34CCC(C(=O)O3)C(C)C4)s2)c1.O=C(O)C(F)(F)F. The molecule has 3 aromatic heterocycles. The molecule has 6 rings (SSSR count). The first kappa shape index (κ1) is 31.9. The molecule has 3 aliphatic rings. The number of thiazole rings is 1. The fourth-order valence-corrected chi connectivity index (χ4v) is 5.82. The molecule has 3 fully saturated rings. The molecule has 14 heteroatoms. The van der Waals surface area contributed by atoms with Gasteiger partial charge in [-0.1, -0.05) is 6.92 Å². The maximum atomic E-state index is 12.4. The zero-order chi connectivity index (χ0) is 31.7. The standard InChI is InChI=1S/C27H30N4O4S.C2HF3O2/c1-15-10-19(20-14-29-24(36-20)27-8-6-18(16(2)13-27)23(32)35-27)30-22(11-15)31-21-12-17(7-9-28-21)34-25(33)26(3,4)5;3-2(4,5)1(6)7/h7,9-12,14,16,18H,6,8,13H2,1-5H3,(H,28,30,31);(H,6,7). The van der Waals surface area contributed by atoms with Gasteiger partial charge in [0.15, 0.2) is 5.60 Å². The van der Waals surface area contributed by atoms with Crippen molar-refractivity contribution in [2.45, 2.75) is 65.7 Å². The van der Waals surface area contributed by atoms with E-state index in [0.29, 0.717) is 23.3 Å². The molecule has 10 nitrogen and oxygen atoms in total. The third-order valence-corrected chi connectivity index (χ3v) is 8.17. The maximum absolute atomic E-state index is 12.4. The van der Waals surface area contributed by atoms with Gasteiger partial charge in [0, 0.05) is 18.5 Å². The lowest BCUT2D eigenvalue weighted by atomic mass is 9.70.